The van der Waals surface area contributed by atoms with Crippen molar-refractivity contribution in [3.05, 3.63) is 0 Å². The second kappa shape index (κ2) is 2.53. The summed E-state index contributed by atoms with van der Waals surface area (Å²) in [5, 5.41) is 3.59. The first-order valence-corrected chi connectivity index (χ1v) is 4.56. The van der Waals surface area contributed by atoms with Gasteiger partial charge in [0.1, 0.15) is 0 Å². The minimum atomic E-state index is 0.566. The van der Waals surface area contributed by atoms with E-state index in [-0.39, 0.29) is 0 Å². The molecular formula is C10H15N. The van der Waals surface area contributed by atoms with Crippen molar-refractivity contribution in [3.8, 4) is 12.3 Å². The lowest BCUT2D eigenvalue weighted by molar-refractivity contribution is 0.488. The molecule has 0 aliphatic heterocycles. The van der Waals surface area contributed by atoms with E-state index in [0.717, 1.165) is 18.9 Å². The lowest BCUT2D eigenvalue weighted by Gasteiger charge is -2.12. The van der Waals surface area contributed by atoms with Crippen molar-refractivity contribution >= 4 is 0 Å². The second-order valence-corrected chi connectivity index (χ2v) is 3.83. The predicted octanol–water partition coefficient (Wildman–Crippen LogP) is 1.54. The minimum Gasteiger partial charge on any atom is -0.310 e. The molecule has 0 saturated heterocycles. The Bertz CT molecular complexity index is 192. The van der Waals surface area contributed by atoms with E-state index in [1.807, 2.05) is 0 Å². The van der Waals surface area contributed by atoms with Gasteiger partial charge >= 0.3 is 0 Å². The fraction of sp³-hybridized carbons (Fsp3) is 0.800. The van der Waals surface area contributed by atoms with Crippen molar-refractivity contribution in [2.45, 2.75) is 37.6 Å². The Hall–Kier alpha value is -0.480. The molecular weight excluding hydrogens is 134 g/mol. The smallest absolute Gasteiger partial charge is 0.0214 e. The van der Waals surface area contributed by atoms with Gasteiger partial charge in [0.2, 0.25) is 0 Å². The van der Waals surface area contributed by atoms with Crippen LogP contribution in [0.15, 0.2) is 0 Å². The molecule has 0 unspecified atom stereocenters. The van der Waals surface area contributed by atoms with E-state index in [9.17, 15) is 0 Å². The number of rotatable bonds is 3. The van der Waals surface area contributed by atoms with E-state index < -0.39 is 0 Å². The van der Waals surface area contributed by atoms with Crippen LogP contribution in [0.1, 0.15) is 32.1 Å². The van der Waals surface area contributed by atoms with Gasteiger partial charge in [-0.3, -0.25) is 0 Å². The van der Waals surface area contributed by atoms with Gasteiger partial charge in [0.05, 0.1) is 0 Å². The molecule has 0 aromatic rings. The first-order chi connectivity index (χ1) is 5.37. The molecule has 1 nitrogen and oxygen atoms in total. The van der Waals surface area contributed by atoms with E-state index in [0.29, 0.717) is 5.54 Å². The van der Waals surface area contributed by atoms with Gasteiger partial charge in [-0.05, 0) is 25.2 Å². The zero-order chi connectivity index (χ0) is 7.73. The fourth-order valence-corrected chi connectivity index (χ4v) is 2.42. The maximum Gasteiger partial charge on any atom is 0.0214 e. The van der Waals surface area contributed by atoms with Crippen LogP contribution in [0.2, 0.25) is 0 Å². The van der Waals surface area contributed by atoms with Crippen LogP contribution in [0, 0.1) is 18.3 Å². The van der Waals surface area contributed by atoms with E-state index >= 15 is 0 Å². The monoisotopic (exact) mass is 149 g/mol. The average molecular weight is 149 g/mol. The molecule has 0 spiro atoms. The molecule has 0 aromatic heterocycles. The minimum absolute atomic E-state index is 0.566. The summed E-state index contributed by atoms with van der Waals surface area (Å²) in [5.41, 5.74) is 0.566. The second-order valence-electron chi connectivity index (χ2n) is 3.83. The molecule has 1 N–H and O–H groups in total. The van der Waals surface area contributed by atoms with Gasteiger partial charge < -0.3 is 5.32 Å². The average Bonchev–Trinajstić information content (AvgIpc) is 2.55. The molecule has 2 fully saturated rings. The van der Waals surface area contributed by atoms with Gasteiger partial charge in [0.25, 0.3) is 0 Å². The molecule has 60 valence electrons. The molecule has 0 aromatic carbocycles. The number of nitrogens with one attached hydrogen (secondary N) is 1. The van der Waals surface area contributed by atoms with E-state index in [1.165, 1.54) is 25.7 Å². The zero-order valence-electron chi connectivity index (χ0n) is 6.90. The van der Waals surface area contributed by atoms with Crippen molar-refractivity contribution in [1.82, 2.24) is 5.32 Å². The van der Waals surface area contributed by atoms with Gasteiger partial charge in [-0.15, -0.1) is 12.3 Å². The van der Waals surface area contributed by atoms with E-state index in [1.54, 1.807) is 0 Å². The van der Waals surface area contributed by atoms with Gasteiger partial charge in [0.15, 0.2) is 0 Å². The molecule has 11 heavy (non-hydrogen) atoms. The predicted molar refractivity (Wildman–Crippen MR) is 46.1 cm³/mol. The molecule has 0 bridgehead atoms. The summed E-state index contributed by atoms with van der Waals surface area (Å²) in [4.78, 5) is 0. The van der Waals surface area contributed by atoms with Crippen LogP contribution in [0.5, 0.6) is 0 Å². The fourth-order valence-electron chi connectivity index (χ4n) is 2.42. The van der Waals surface area contributed by atoms with Crippen molar-refractivity contribution in [1.29, 1.82) is 0 Å². The Balaban J connectivity index is 1.75. The maximum atomic E-state index is 5.18. The number of fused-ring (bicyclic) bond motifs is 1. The highest BCUT2D eigenvalue weighted by atomic mass is 15.0. The van der Waals surface area contributed by atoms with Crippen LogP contribution in [0.4, 0.5) is 0 Å². The van der Waals surface area contributed by atoms with Gasteiger partial charge in [-0.25, -0.2) is 0 Å². The topological polar surface area (TPSA) is 12.0 Å². The maximum absolute atomic E-state index is 5.18. The third-order valence-electron chi connectivity index (χ3n) is 3.15. The Morgan fingerprint density at radius 1 is 1.64 bits per heavy atom. The summed E-state index contributed by atoms with van der Waals surface area (Å²) in [7, 11) is 0. The van der Waals surface area contributed by atoms with Crippen LogP contribution < -0.4 is 5.32 Å². The normalized spacial score (nSPS) is 39.7. The van der Waals surface area contributed by atoms with Crippen LogP contribution in [0.25, 0.3) is 0 Å². The molecule has 0 radical (unpaired) electrons. The molecule has 2 atom stereocenters. The Morgan fingerprint density at radius 3 is 3.09 bits per heavy atom. The summed E-state index contributed by atoms with van der Waals surface area (Å²) >= 11 is 0. The Morgan fingerprint density at radius 2 is 2.55 bits per heavy atom. The first kappa shape index (κ1) is 7.18. The number of hydrogen-bond acceptors (Lipinski definition) is 1. The van der Waals surface area contributed by atoms with E-state index in [4.69, 9.17) is 6.42 Å². The Kier molecular flexibility index (Phi) is 1.65. The lowest BCUT2D eigenvalue weighted by Crippen LogP contribution is -2.31. The lowest BCUT2D eigenvalue weighted by atomic mass is 10.2. The molecule has 1 heteroatoms. The largest absolute Gasteiger partial charge is 0.310 e. The highest BCUT2D eigenvalue weighted by molar-refractivity contribution is 5.14. The summed E-state index contributed by atoms with van der Waals surface area (Å²) < 4.78 is 0. The number of hydrogen-bond donors (Lipinski definition) is 1. The molecule has 2 aliphatic carbocycles. The highest BCUT2D eigenvalue weighted by Gasteiger charge is 2.55. The standard InChI is InChI=1S/C10H15N/c1-2-3-7-11-10-6-4-5-9(10)8-10/h1,9,11H,3-8H2/t9-,10-/m1/s1. The summed E-state index contributed by atoms with van der Waals surface area (Å²) in [6, 6.07) is 0. The van der Waals surface area contributed by atoms with Gasteiger partial charge in [-0.2, -0.15) is 0 Å². The highest BCUT2D eigenvalue weighted by Crippen LogP contribution is 2.55. The molecule has 0 heterocycles. The molecule has 2 saturated carbocycles. The number of terminal acetylenes is 1. The quantitative estimate of drug-likeness (QED) is 0.474. The summed E-state index contributed by atoms with van der Waals surface area (Å²) in [6.45, 7) is 1.02. The van der Waals surface area contributed by atoms with Gasteiger partial charge in [0, 0.05) is 18.5 Å². The molecule has 2 aliphatic rings. The van der Waals surface area contributed by atoms with Crippen molar-refractivity contribution in [3.63, 3.8) is 0 Å². The van der Waals surface area contributed by atoms with Crippen LogP contribution in [0.3, 0.4) is 0 Å². The van der Waals surface area contributed by atoms with Crippen LogP contribution in [-0.2, 0) is 0 Å². The van der Waals surface area contributed by atoms with E-state index in [2.05, 4.69) is 11.2 Å². The summed E-state index contributed by atoms with van der Waals surface area (Å²) in [6.07, 6.45) is 11.7. The van der Waals surface area contributed by atoms with Crippen LogP contribution >= 0.6 is 0 Å². The van der Waals surface area contributed by atoms with Crippen LogP contribution in [-0.4, -0.2) is 12.1 Å². The third kappa shape index (κ3) is 1.16. The van der Waals surface area contributed by atoms with Crippen molar-refractivity contribution in [2.24, 2.45) is 5.92 Å². The van der Waals surface area contributed by atoms with Crippen molar-refractivity contribution in [2.75, 3.05) is 6.54 Å². The summed E-state index contributed by atoms with van der Waals surface area (Å²) in [5.74, 6) is 3.67. The van der Waals surface area contributed by atoms with Crippen molar-refractivity contribution < 1.29 is 0 Å². The molecule has 2 rings (SSSR count). The Labute approximate surface area is 68.6 Å². The molecule has 0 amide bonds. The SMILES string of the molecule is C#CCCN[C@@]12CCC[C@@H]1C2. The van der Waals surface area contributed by atoms with Gasteiger partial charge in [-0.1, -0.05) is 6.42 Å². The third-order valence-corrected chi connectivity index (χ3v) is 3.15. The zero-order valence-corrected chi connectivity index (χ0v) is 6.90. The first-order valence-electron chi connectivity index (χ1n) is 4.56.